The van der Waals surface area contributed by atoms with Crippen LogP contribution in [0.25, 0.3) is 10.1 Å². The molecule has 0 saturated carbocycles. The largest absolute Gasteiger partial charge is 0.299 e. The third kappa shape index (κ3) is 2.38. The zero-order chi connectivity index (χ0) is 11.7. The zero-order valence-electron chi connectivity index (χ0n) is 10.4. The molecule has 0 spiro atoms. The number of hydrogen-bond acceptors (Lipinski definition) is 2. The molecule has 0 bridgehead atoms. The highest BCUT2D eigenvalue weighted by atomic mass is 32.1. The van der Waals surface area contributed by atoms with E-state index in [1.54, 1.807) is 0 Å². The van der Waals surface area contributed by atoms with Crippen LogP contribution < -0.4 is 0 Å². The Morgan fingerprint density at radius 2 is 2.24 bits per heavy atom. The van der Waals surface area contributed by atoms with Crippen LogP contribution in [0.2, 0.25) is 0 Å². The lowest BCUT2D eigenvalue weighted by molar-refractivity contribution is 0.177. The van der Waals surface area contributed by atoms with E-state index in [0.717, 1.165) is 12.5 Å². The van der Waals surface area contributed by atoms with Gasteiger partial charge in [0.05, 0.1) is 0 Å². The maximum absolute atomic E-state index is 2.61. The third-order valence-corrected chi connectivity index (χ3v) is 4.71. The van der Waals surface area contributed by atoms with Gasteiger partial charge in [-0.3, -0.25) is 4.90 Å². The lowest BCUT2D eigenvalue weighted by atomic mass is 10.00. The molecule has 3 rings (SSSR count). The van der Waals surface area contributed by atoms with Gasteiger partial charge < -0.3 is 0 Å². The minimum Gasteiger partial charge on any atom is -0.299 e. The fourth-order valence-corrected chi connectivity index (χ4v) is 3.78. The van der Waals surface area contributed by atoms with Crippen molar-refractivity contribution in [2.24, 2.45) is 5.92 Å². The number of fused-ring (bicyclic) bond motifs is 1. The summed E-state index contributed by atoms with van der Waals surface area (Å²) >= 11 is 1.88. The summed E-state index contributed by atoms with van der Waals surface area (Å²) in [7, 11) is 0. The second kappa shape index (κ2) is 4.79. The highest BCUT2D eigenvalue weighted by molar-refractivity contribution is 7.17. The van der Waals surface area contributed by atoms with Crippen LogP contribution in [0.15, 0.2) is 29.6 Å². The maximum atomic E-state index is 2.61. The molecule has 1 atom stereocenters. The molecular formula is C15H19NS. The number of rotatable bonds is 2. The number of hydrogen-bond donors (Lipinski definition) is 0. The molecule has 0 amide bonds. The molecule has 1 aliphatic rings. The van der Waals surface area contributed by atoms with Crippen molar-refractivity contribution in [1.82, 2.24) is 4.90 Å². The number of nitrogens with zero attached hydrogens (tertiary/aromatic N) is 1. The van der Waals surface area contributed by atoms with Gasteiger partial charge in [-0.15, -0.1) is 11.3 Å². The van der Waals surface area contributed by atoms with Gasteiger partial charge in [0.2, 0.25) is 0 Å². The molecule has 0 aliphatic carbocycles. The van der Waals surface area contributed by atoms with Crippen LogP contribution in [0.4, 0.5) is 0 Å². The molecule has 0 N–H and O–H groups in total. The normalized spacial score (nSPS) is 22.1. The predicted molar refractivity (Wildman–Crippen MR) is 75.5 cm³/mol. The van der Waals surface area contributed by atoms with Gasteiger partial charge in [-0.1, -0.05) is 25.1 Å². The second-order valence-electron chi connectivity index (χ2n) is 5.24. The Morgan fingerprint density at radius 3 is 3.12 bits per heavy atom. The Morgan fingerprint density at radius 1 is 1.35 bits per heavy atom. The van der Waals surface area contributed by atoms with E-state index in [4.69, 9.17) is 0 Å². The molecule has 1 fully saturated rings. The smallest absolute Gasteiger partial charge is 0.0346 e. The number of piperidine rings is 1. The quantitative estimate of drug-likeness (QED) is 0.769. The van der Waals surface area contributed by atoms with Crippen LogP contribution in [0.3, 0.4) is 0 Å². The monoisotopic (exact) mass is 245 g/mol. The molecule has 2 aromatic rings. The van der Waals surface area contributed by atoms with Crippen molar-refractivity contribution in [1.29, 1.82) is 0 Å². The standard InChI is InChI=1S/C15H19NS/c1-12-5-4-8-16(9-12)10-13-11-17-15-7-3-2-6-14(13)15/h2-3,6-7,11-12H,4-5,8-10H2,1H3/t12-/m1/s1. The molecule has 2 heterocycles. The summed E-state index contributed by atoms with van der Waals surface area (Å²) in [6.45, 7) is 6.05. The fourth-order valence-electron chi connectivity index (χ4n) is 2.83. The average Bonchev–Trinajstić information content (AvgIpc) is 2.73. The first-order valence-electron chi connectivity index (χ1n) is 6.50. The van der Waals surface area contributed by atoms with Gasteiger partial charge >= 0.3 is 0 Å². The number of thiophene rings is 1. The summed E-state index contributed by atoms with van der Waals surface area (Å²) < 4.78 is 1.42. The molecule has 1 nitrogen and oxygen atoms in total. The average molecular weight is 245 g/mol. The first-order valence-corrected chi connectivity index (χ1v) is 7.38. The Balaban J connectivity index is 1.80. The summed E-state index contributed by atoms with van der Waals surface area (Å²) in [6.07, 6.45) is 2.77. The van der Waals surface area contributed by atoms with Crippen LogP contribution in [0, 0.1) is 5.92 Å². The van der Waals surface area contributed by atoms with E-state index in [9.17, 15) is 0 Å². The van der Waals surface area contributed by atoms with Gasteiger partial charge in [0.25, 0.3) is 0 Å². The summed E-state index contributed by atoms with van der Waals surface area (Å²) in [5.74, 6) is 0.869. The van der Waals surface area contributed by atoms with E-state index < -0.39 is 0 Å². The Labute approximate surface area is 107 Å². The number of likely N-dealkylation sites (tertiary alicyclic amines) is 1. The van der Waals surface area contributed by atoms with E-state index >= 15 is 0 Å². The summed E-state index contributed by atoms with van der Waals surface area (Å²) in [6, 6.07) is 8.76. The minimum atomic E-state index is 0.869. The highest BCUT2D eigenvalue weighted by Gasteiger charge is 2.17. The van der Waals surface area contributed by atoms with Gasteiger partial charge in [-0.2, -0.15) is 0 Å². The molecule has 0 radical (unpaired) electrons. The molecule has 1 aliphatic heterocycles. The fraction of sp³-hybridized carbons (Fsp3) is 0.467. The number of benzene rings is 1. The molecule has 1 aromatic carbocycles. The van der Waals surface area contributed by atoms with Crippen molar-refractivity contribution >= 4 is 21.4 Å². The van der Waals surface area contributed by atoms with Crippen LogP contribution >= 0.6 is 11.3 Å². The summed E-state index contributed by atoms with van der Waals surface area (Å²) in [5, 5.41) is 3.79. The van der Waals surface area contributed by atoms with Gasteiger partial charge in [-0.05, 0) is 47.7 Å². The molecule has 1 aromatic heterocycles. The first-order chi connectivity index (χ1) is 8.33. The summed E-state index contributed by atoms with van der Waals surface area (Å²) in [4.78, 5) is 2.61. The van der Waals surface area contributed by atoms with E-state index in [2.05, 4.69) is 41.5 Å². The zero-order valence-corrected chi connectivity index (χ0v) is 11.2. The van der Waals surface area contributed by atoms with Gasteiger partial charge in [-0.25, -0.2) is 0 Å². The van der Waals surface area contributed by atoms with E-state index in [1.165, 1.54) is 41.6 Å². The molecule has 1 saturated heterocycles. The van der Waals surface area contributed by atoms with Crippen molar-refractivity contribution < 1.29 is 0 Å². The highest BCUT2D eigenvalue weighted by Crippen LogP contribution is 2.27. The van der Waals surface area contributed by atoms with Crippen molar-refractivity contribution in [3.05, 3.63) is 35.2 Å². The molecule has 17 heavy (non-hydrogen) atoms. The molecular weight excluding hydrogens is 226 g/mol. The van der Waals surface area contributed by atoms with Crippen LogP contribution in [0.1, 0.15) is 25.3 Å². The van der Waals surface area contributed by atoms with E-state index in [0.29, 0.717) is 0 Å². The van der Waals surface area contributed by atoms with Gasteiger partial charge in [0.1, 0.15) is 0 Å². The van der Waals surface area contributed by atoms with Crippen molar-refractivity contribution in [2.75, 3.05) is 13.1 Å². The minimum absolute atomic E-state index is 0.869. The van der Waals surface area contributed by atoms with Crippen molar-refractivity contribution in [3.8, 4) is 0 Å². The van der Waals surface area contributed by atoms with Crippen LogP contribution in [0.5, 0.6) is 0 Å². The Bertz CT molecular complexity index is 502. The molecule has 0 unspecified atom stereocenters. The van der Waals surface area contributed by atoms with Crippen LogP contribution in [-0.2, 0) is 6.54 Å². The summed E-state index contributed by atoms with van der Waals surface area (Å²) in [5.41, 5.74) is 1.51. The lowest BCUT2D eigenvalue weighted by Crippen LogP contribution is -2.33. The van der Waals surface area contributed by atoms with Crippen molar-refractivity contribution in [2.45, 2.75) is 26.3 Å². The van der Waals surface area contributed by atoms with Gasteiger partial charge in [0.15, 0.2) is 0 Å². The van der Waals surface area contributed by atoms with E-state index in [1.807, 2.05) is 11.3 Å². The lowest BCUT2D eigenvalue weighted by Gasteiger charge is -2.30. The maximum Gasteiger partial charge on any atom is 0.0346 e. The predicted octanol–water partition coefficient (Wildman–Crippen LogP) is 4.13. The first kappa shape index (κ1) is 11.2. The SMILES string of the molecule is C[C@@H]1CCCN(Cc2csc3ccccc23)C1. The third-order valence-electron chi connectivity index (χ3n) is 3.70. The second-order valence-corrected chi connectivity index (χ2v) is 6.15. The molecule has 2 heteroatoms. The van der Waals surface area contributed by atoms with Gasteiger partial charge in [0, 0.05) is 17.8 Å². The van der Waals surface area contributed by atoms with Crippen LogP contribution in [-0.4, -0.2) is 18.0 Å². The van der Waals surface area contributed by atoms with Crippen molar-refractivity contribution in [3.63, 3.8) is 0 Å². The Hall–Kier alpha value is -0.860. The van der Waals surface area contributed by atoms with E-state index in [-0.39, 0.29) is 0 Å². The molecule has 90 valence electrons. The topological polar surface area (TPSA) is 3.24 Å². The Kier molecular flexibility index (Phi) is 3.17.